The number of hydrogen-bond donors (Lipinski definition) is 1. The molecule has 2 amide bonds. The Morgan fingerprint density at radius 2 is 2.00 bits per heavy atom. The summed E-state index contributed by atoms with van der Waals surface area (Å²) in [5.41, 5.74) is 1.43. The van der Waals surface area contributed by atoms with Crippen LogP contribution < -0.4 is 5.32 Å². The highest BCUT2D eigenvalue weighted by molar-refractivity contribution is 8.18. The zero-order chi connectivity index (χ0) is 16.6. The summed E-state index contributed by atoms with van der Waals surface area (Å²) in [6.07, 6.45) is 1.64. The van der Waals surface area contributed by atoms with Crippen LogP contribution >= 0.6 is 23.1 Å². The summed E-state index contributed by atoms with van der Waals surface area (Å²) in [5, 5.41) is 12.8. The number of nitro benzene ring substituents is 1. The van der Waals surface area contributed by atoms with Crippen LogP contribution in [0.4, 0.5) is 10.5 Å². The van der Waals surface area contributed by atoms with E-state index in [-0.39, 0.29) is 10.9 Å². The number of carbonyl (C=O) groups is 2. The molecule has 3 rings (SSSR count). The smallest absolute Gasteiger partial charge is 0.282 e. The van der Waals surface area contributed by atoms with E-state index in [0.717, 1.165) is 27.1 Å². The maximum absolute atomic E-state index is 11.5. The lowest BCUT2D eigenvalue weighted by atomic mass is 10.1. The van der Waals surface area contributed by atoms with Crippen molar-refractivity contribution in [3.8, 4) is 10.4 Å². The van der Waals surface area contributed by atoms with Crippen LogP contribution in [-0.4, -0.2) is 16.1 Å². The van der Waals surface area contributed by atoms with Gasteiger partial charge in [-0.3, -0.25) is 25.0 Å². The number of amides is 2. The number of benzene rings is 1. The molecule has 116 valence electrons. The van der Waals surface area contributed by atoms with Crippen molar-refractivity contribution in [1.82, 2.24) is 5.32 Å². The Kier molecular flexibility index (Phi) is 4.01. The summed E-state index contributed by atoms with van der Waals surface area (Å²) in [7, 11) is 0. The minimum absolute atomic E-state index is 0.0760. The number of thioether (sulfide) groups is 1. The van der Waals surface area contributed by atoms with E-state index in [1.165, 1.54) is 11.3 Å². The molecule has 0 aliphatic carbocycles. The molecule has 1 N–H and O–H groups in total. The lowest BCUT2D eigenvalue weighted by Crippen LogP contribution is -2.17. The van der Waals surface area contributed by atoms with Gasteiger partial charge in [0, 0.05) is 21.4 Å². The molecule has 1 aromatic heterocycles. The molecule has 0 radical (unpaired) electrons. The molecule has 1 aromatic carbocycles. The van der Waals surface area contributed by atoms with Crippen LogP contribution in [0.3, 0.4) is 0 Å². The molecule has 0 bridgehead atoms. The number of carbonyl (C=O) groups excluding carboxylic acids is 2. The van der Waals surface area contributed by atoms with E-state index in [1.807, 2.05) is 18.2 Å². The van der Waals surface area contributed by atoms with Crippen LogP contribution in [0.15, 0.2) is 35.2 Å². The Morgan fingerprint density at radius 1 is 1.22 bits per heavy atom. The topological polar surface area (TPSA) is 89.3 Å². The molecule has 2 heterocycles. The molecule has 0 unspecified atom stereocenters. The van der Waals surface area contributed by atoms with Gasteiger partial charge in [-0.1, -0.05) is 12.1 Å². The van der Waals surface area contributed by atoms with Crippen molar-refractivity contribution in [2.75, 3.05) is 0 Å². The summed E-state index contributed by atoms with van der Waals surface area (Å²) >= 11 is 2.26. The van der Waals surface area contributed by atoms with Crippen LogP contribution in [0.1, 0.15) is 10.4 Å². The number of nitrogens with one attached hydrogen (secondary N) is 1. The van der Waals surface area contributed by atoms with Gasteiger partial charge in [0.25, 0.3) is 16.8 Å². The van der Waals surface area contributed by atoms with Crippen LogP contribution in [-0.2, 0) is 4.79 Å². The molecule has 1 aliphatic rings. The molecule has 1 fully saturated rings. The number of hydrogen-bond acceptors (Lipinski definition) is 6. The van der Waals surface area contributed by atoms with Crippen molar-refractivity contribution in [2.45, 2.75) is 6.92 Å². The summed E-state index contributed by atoms with van der Waals surface area (Å²) in [5.74, 6) is -0.402. The van der Waals surface area contributed by atoms with Gasteiger partial charge in [-0.2, -0.15) is 0 Å². The summed E-state index contributed by atoms with van der Waals surface area (Å²) in [6.45, 7) is 1.69. The van der Waals surface area contributed by atoms with Gasteiger partial charge in [0.05, 0.1) is 9.83 Å². The highest BCUT2D eigenvalue weighted by Crippen LogP contribution is 2.34. The zero-order valence-electron chi connectivity index (χ0n) is 11.9. The minimum atomic E-state index is -0.402. The van der Waals surface area contributed by atoms with Gasteiger partial charge in [-0.15, -0.1) is 11.3 Å². The Bertz CT molecular complexity index is 870. The number of rotatable bonds is 3. The molecule has 0 spiro atoms. The fourth-order valence-corrected chi connectivity index (χ4v) is 3.79. The molecule has 23 heavy (non-hydrogen) atoms. The standard InChI is InChI=1S/C15H10N2O4S2/c1-8-2-3-9(6-11(8)17(20)21)12-5-4-10(22-12)7-13-14(18)16-15(19)23-13/h2-7H,1H3,(H,16,18,19)/b13-7+. The van der Waals surface area contributed by atoms with E-state index >= 15 is 0 Å². The fourth-order valence-electron chi connectivity index (χ4n) is 2.10. The van der Waals surface area contributed by atoms with E-state index in [9.17, 15) is 19.7 Å². The largest absolute Gasteiger partial charge is 0.290 e. The monoisotopic (exact) mass is 346 g/mol. The average molecular weight is 346 g/mol. The van der Waals surface area contributed by atoms with E-state index in [1.54, 1.807) is 25.1 Å². The SMILES string of the molecule is Cc1ccc(-c2ccc(/C=C3/SC(=O)NC3=O)s2)cc1[N+](=O)[O-]. The first kappa shape index (κ1) is 15.4. The third kappa shape index (κ3) is 3.17. The predicted molar refractivity (Wildman–Crippen MR) is 90.3 cm³/mol. The lowest BCUT2D eigenvalue weighted by Gasteiger charge is -2.00. The van der Waals surface area contributed by atoms with Crippen LogP contribution in [0.2, 0.25) is 0 Å². The molecule has 0 saturated carbocycles. The van der Waals surface area contributed by atoms with Crippen LogP contribution in [0.5, 0.6) is 0 Å². The van der Waals surface area contributed by atoms with Crippen molar-refractivity contribution in [1.29, 1.82) is 0 Å². The Balaban J connectivity index is 1.92. The second-order valence-electron chi connectivity index (χ2n) is 4.81. The first-order chi connectivity index (χ1) is 10.9. The second-order valence-corrected chi connectivity index (χ2v) is 6.94. The highest BCUT2D eigenvalue weighted by atomic mass is 32.2. The van der Waals surface area contributed by atoms with Gasteiger partial charge < -0.3 is 0 Å². The van der Waals surface area contributed by atoms with Gasteiger partial charge in [-0.05, 0) is 42.5 Å². The number of nitro groups is 1. The number of imide groups is 1. The van der Waals surface area contributed by atoms with Crippen molar-refractivity contribution >= 4 is 46.0 Å². The van der Waals surface area contributed by atoms with Gasteiger partial charge in [0.2, 0.25) is 0 Å². The third-order valence-electron chi connectivity index (χ3n) is 3.23. The Morgan fingerprint density at radius 3 is 2.65 bits per heavy atom. The maximum Gasteiger partial charge on any atom is 0.290 e. The zero-order valence-corrected chi connectivity index (χ0v) is 13.5. The summed E-state index contributed by atoms with van der Waals surface area (Å²) < 4.78 is 0. The summed E-state index contributed by atoms with van der Waals surface area (Å²) in [4.78, 5) is 35.3. The quantitative estimate of drug-likeness (QED) is 0.516. The van der Waals surface area contributed by atoms with Crippen molar-refractivity contribution < 1.29 is 14.5 Å². The molecular weight excluding hydrogens is 336 g/mol. The highest BCUT2D eigenvalue weighted by Gasteiger charge is 2.25. The molecular formula is C15H10N2O4S2. The predicted octanol–water partition coefficient (Wildman–Crippen LogP) is 3.96. The molecule has 6 nitrogen and oxygen atoms in total. The molecule has 8 heteroatoms. The van der Waals surface area contributed by atoms with Gasteiger partial charge >= 0.3 is 0 Å². The van der Waals surface area contributed by atoms with Crippen molar-refractivity contribution in [2.24, 2.45) is 0 Å². The Hall–Kier alpha value is -2.45. The molecule has 1 aliphatic heterocycles. The number of nitrogens with zero attached hydrogens (tertiary/aromatic N) is 1. The third-order valence-corrected chi connectivity index (χ3v) is 5.12. The lowest BCUT2D eigenvalue weighted by molar-refractivity contribution is -0.385. The van der Waals surface area contributed by atoms with Crippen molar-refractivity contribution in [3.05, 3.63) is 55.8 Å². The number of aryl methyl sites for hydroxylation is 1. The van der Waals surface area contributed by atoms with Gasteiger partial charge in [-0.25, -0.2) is 0 Å². The van der Waals surface area contributed by atoms with E-state index in [0.29, 0.717) is 10.5 Å². The van der Waals surface area contributed by atoms with Crippen LogP contribution in [0.25, 0.3) is 16.5 Å². The van der Waals surface area contributed by atoms with Crippen molar-refractivity contribution in [3.63, 3.8) is 0 Å². The Labute approximate surface area is 139 Å². The first-order valence-corrected chi connectivity index (χ1v) is 8.17. The van der Waals surface area contributed by atoms with Gasteiger partial charge in [0.15, 0.2) is 0 Å². The average Bonchev–Trinajstić information content (AvgIpc) is 3.06. The van der Waals surface area contributed by atoms with Gasteiger partial charge in [0.1, 0.15) is 0 Å². The minimum Gasteiger partial charge on any atom is -0.282 e. The van der Waals surface area contributed by atoms with Crippen LogP contribution in [0, 0.1) is 17.0 Å². The fraction of sp³-hybridized carbons (Fsp3) is 0.0667. The molecule has 1 saturated heterocycles. The maximum atomic E-state index is 11.5. The number of thiophene rings is 1. The first-order valence-electron chi connectivity index (χ1n) is 6.54. The second kappa shape index (κ2) is 5.98. The van der Waals surface area contributed by atoms with E-state index in [2.05, 4.69) is 5.32 Å². The summed E-state index contributed by atoms with van der Waals surface area (Å²) in [6, 6.07) is 8.73. The molecule has 2 aromatic rings. The normalized spacial score (nSPS) is 16.0. The van der Waals surface area contributed by atoms with E-state index < -0.39 is 10.8 Å². The van der Waals surface area contributed by atoms with E-state index in [4.69, 9.17) is 0 Å². The molecule has 0 atom stereocenters.